The number of nitrogens with zero attached hydrogens (tertiary/aromatic N) is 3. The first-order chi connectivity index (χ1) is 13.6. The molecule has 1 aliphatic heterocycles. The molecule has 6 heteroatoms. The second-order valence-corrected chi connectivity index (χ2v) is 7.02. The van der Waals surface area contributed by atoms with E-state index < -0.39 is 6.04 Å². The van der Waals surface area contributed by atoms with Crippen LogP contribution in [0.3, 0.4) is 0 Å². The molecule has 2 aromatic rings. The van der Waals surface area contributed by atoms with Gasteiger partial charge < -0.3 is 15.4 Å². The summed E-state index contributed by atoms with van der Waals surface area (Å²) in [4.78, 5) is 16.0. The minimum Gasteiger partial charge on any atom is -0.492 e. The van der Waals surface area contributed by atoms with Crippen molar-refractivity contribution in [1.82, 2.24) is 9.80 Å². The fraction of sp³-hybridized carbons (Fsp3) is 0.364. The average Bonchev–Trinajstić information content (AvgIpc) is 2.74. The van der Waals surface area contributed by atoms with Gasteiger partial charge in [0.2, 0.25) is 5.91 Å². The van der Waals surface area contributed by atoms with E-state index in [1.54, 1.807) is 6.92 Å². The molecule has 6 nitrogen and oxygen atoms in total. The monoisotopic (exact) mass is 378 g/mol. The molecule has 1 heterocycles. The maximum absolute atomic E-state index is 11.9. The summed E-state index contributed by atoms with van der Waals surface area (Å²) in [7, 11) is 0. The number of carbonyl (C=O) groups is 1. The Morgan fingerprint density at radius 3 is 2.18 bits per heavy atom. The van der Waals surface area contributed by atoms with E-state index in [1.807, 2.05) is 53.4 Å². The molecule has 1 aliphatic rings. The zero-order chi connectivity index (χ0) is 19.9. The number of carbonyl (C=O) groups excluding carboxylic acids is 1. The maximum Gasteiger partial charge on any atom is 0.239 e. The van der Waals surface area contributed by atoms with Crippen LogP contribution in [0.2, 0.25) is 0 Å². The molecule has 3 rings (SSSR count). The van der Waals surface area contributed by atoms with Crippen molar-refractivity contribution in [1.29, 1.82) is 5.26 Å². The molecule has 146 valence electrons. The molecule has 0 spiro atoms. The molecular formula is C22H26N4O2. The highest BCUT2D eigenvalue weighted by molar-refractivity contribution is 5.81. The number of ether oxygens (including phenoxy) is 1. The van der Waals surface area contributed by atoms with Crippen LogP contribution in [0.25, 0.3) is 11.1 Å². The van der Waals surface area contributed by atoms with Crippen molar-refractivity contribution in [2.75, 3.05) is 39.3 Å². The lowest BCUT2D eigenvalue weighted by atomic mass is 10.0. The van der Waals surface area contributed by atoms with Gasteiger partial charge in [0, 0.05) is 32.7 Å². The highest BCUT2D eigenvalue weighted by Crippen LogP contribution is 2.22. The SMILES string of the molecule is C[C@H](N)C(=O)N1CCN(CCOc2ccc(-c3ccc(C#N)cc3)cc2)CC1. The van der Waals surface area contributed by atoms with Gasteiger partial charge in [0.05, 0.1) is 17.7 Å². The van der Waals surface area contributed by atoms with Gasteiger partial charge >= 0.3 is 0 Å². The van der Waals surface area contributed by atoms with Crippen LogP contribution in [0.5, 0.6) is 5.75 Å². The van der Waals surface area contributed by atoms with Gasteiger partial charge in [-0.2, -0.15) is 5.26 Å². The maximum atomic E-state index is 11.9. The Labute approximate surface area is 166 Å². The van der Waals surface area contributed by atoms with Crippen LogP contribution >= 0.6 is 0 Å². The predicted octanol–water partition coefficient (Wildman–Crippen LogP) is 2.10. The van der Waals surface area contributed by atoms with E-state index in [-0.39, 0.29) is 5.91 Å². The van der Waals surface area contributed by atoms with Crippen molar-refractivity contribution in [2.45, 2.75) is 13.0 Å². The number of rotatable bonds is 6. The first-order valence-electron chi connectivity index (χ1n) is 9.57. The van der Waals surface area contributed by atoms with Crippen LogP contribution in [-0.4, -0.2) is 61.1 Å². The van der Waals surface area contributed by atoms with Gasteiger partial charge in [-0.15, -0.1) is 0 Å². The van der Waals surface area contributed by atoms with E-state index in [2.05, 4.69) is 11.0 Å². The van der Waals surface area contributed by atoms with Gasteiger partial charge in [-0.05, 0) is 42.3 Å². The zero-order valence-corrected chi connectivity index (χ0v) is 16.2. The van der Waals surface area contributed by atoms with Gasteiger partial charge in [-0.1, -0.05) is 24.3 Å². The molecule has 2 aromatic carbocycles. The summed E-state index contributed by atoms with van der Waals surface area (Å²) in [6.45, 7) is 6.31. The van der Waals surface area contributed by atoms with Crippen LogP contribution in [-0.2, 0) is 4.79 Å². The number of nitrogens with two attached hydrogens (primary N) is 1. The van der Waals surface area contributed by atoms with Crippen LogP contribution in [0.1, 0.15) is 12.5 Å². The summed E-state index contributed by atoms with van der Waals surface area (Å²) in [6.07, 6.45) is 0. The standard InChI is InChI=1S/C22H26N4O2/c1-17(24)22(27)26-12-10-25(11-13-26)14-15-28-21-8-6-20(7-9-21)19-4-2-18(16-23)3-5-19/h2-9,17H,10-15,24H2,1H3/t17-/m0/s1. The summed E-state index contributed by atoms with van der Waals surface area (Å²) in [5.41, 5.74) is 8.49. The lowest BCUT2D eigenvalue weighted by molar-refractivity contribution is -0.133. The van der Waals surface area contributed by atoms with Crippen molar-refractivity contribution in [3.63, 3.8) is 0 Å². The molecule has 0 radical (unpaired) electrons. The predicted molar refractivity (Wildman–Crippen MR) is 109 cm³/mol. The molecule has 2 N–H and O–H groups in total. The molecule has 0 saturated carbocycles. The Morgan fingerprint density at radius 2 is 1.64 bits per heavy atom. The van der Waals surface area contributed by atoms with E-state index >= 15 is 0 Å². The van der Waals surface area contributed by atoms with Gasteiger partial charge in [0.25, 0.3) is 0 Å². The Bertz CT molecular complexity index is 817. The molecule has 0 bridgehead atoms. The molecule has 0 aliphatic carbocycles. The first kappa shape index (κ1) is 19.9. The van der Waals surface area contributed by atoms with Crippen molar-refractivity contribution in [3.05, 3.63) is 54.1 Å². The smallest absolute Gasteiger partial charge is 0.239 e. The van der Waals surface area contributed by atoms with E-state index in [0.717, 1.165) is 49.6 Å². The molecule has 1 amide bonds. The normalized spacial score (nSPS) is 15.7. The average molecular weight is 378 g/mol. The Balaban J connectivity index is 1.43. The van der Waals surface area contributed by atoms with Crippen molar-refractivity contribution in [2.24, 2.45) is 5.73 Å². The third-order valence-corrected chi connectivity index (χ3v) is 4.95. The molecule has 0 unspecified atom stereocenters. The van der Waals surface area contributed by atoms with E-state index in [0.29, 0.717) is 12.2 Å². The Kier molecular flexibility index (Phi) is 6.64. The van der Waals surface area contributed by atoms with Crippen LogP contribution in [0, 0.1) is 11.3 Å². The zero-order valence-electron chi connectivity index (χ0n) is 16.2. The van der Waals surface area contributed by atoms with Crippen molar-refractivity contribution in [3.8, 4) is 22.9 Å². The minimum atomic E-state index is -0.429. The Morgan fingerprint density at radius 1 is 1.07 bits per heavy atom. The summed E-state index contributed by atoms with van der Waals surface area (Å²) in [5, 5.41) is 8.88. The highest BCUT2D eigenvalue weighted by atomic mass is 16.5. The topological polar surface area (TPSA) is 82.6 Å². The van der Waals surface area contributed by atoms with Crippen LogP contribution in [0.4, 0.5) is 0 Å². The molecule has 28 heavy (non-hydrogen) atoms. The summed E-state index contributed by atoms with van der Waals surface area (Å²) >= 11 is 0. The summed E-state index contributed by atoms with van der Waals surface area (Å²) in [5.74, 6) is 0.862. The lowest BCUT2D eigenvalue weighted by Gasteiger charge is -2.35. The largest absolute Gasteiger partial charge is 0.492 e. The molecule has 1 fully saturated rings. The quantitative estimate of drug-likeness (QED) is 0.832. The molecule has 0 aromatic heterocycles. The number of amides is 1. The number of piperazine rings is 1. The van der Waals surface area contributed by atoms with E-state index in [9.17, 15) is 4.79 Å². The molecular weight excluding hydrogens is 352 g/mol. The number of benzene rings is 2. The van der Waals surface area contributed by atoms with Crippen LogP contribution < -0.4 is 10.5 Å². The second kappa shape index (κ2) is 9.36. The van der Waals surface area contributed by atoms with Gasteiger partial charge in [-0.25, -0.2) is 0 Å². The minimum absolute atomic E-state index is 0.0262. The first-order valence-corrected chi connectivity index (χ1v) is 9.57. The second-order valence-electron chi connectivity index (χ2n) is 7.02. The van der Waals surface area contributed by atoms with E-state index in [1.165, 1.54) is 0 Å². The summed E-state index contributed by atoms with van der Waals surface area (Å²) in [6, 6.07) is 17.2. The van der Waals surface area contributed by atoms with Gasteiger partial charge in [-0.3, -0.25) is 9.69 Å². The fourth-order valence-corrected chi connectivity index (χ4v) is 3.25. The highest BCUT2D eigenvalue weighted by Gasteiger charge is 2.22. The molecule has 1 saturated heterocycles. The third kappa shape index (κ3) is 5.10. The fourth-order valence-electron chi connectivity index (χ4n) is 3.25. The lowest BCUT2D eigenvalue weighted by Crippen LogP contribution is -2.53. The molecule has 1 atom stereocenters. The van der Waals surface area contributed by atoms with Crippen molar-refractivity contribution >= 4 is 5.91 Å². The van der Waals surface area contributed by atoms with Crippen molar-refractivity contribution < 1.29 is 9.53 Å². The number of nitriles is 1. The number of hydrogen-bond donors (Lipinski definition) is 1. The summed E-state index contributed by atoms with van der Waals surface area (Å²) < 4.78 is 5.86. The van der Waals surface area contributed by atoms with Gasteiger partial charge in [0.1, 0.15) is 12.4 Å². The number of hydrogen-bond acceptors (Lipinski definition) is 5. The van der Waals surface area contributed by atoms with E-state index in [4.69, 9.17) is 15.7 Å². The Hall–Kier alpha value is -2.88. The van der Waals surface area contributed by atoms with Crippen LogP contribution in [0.15, 0.2) is 48.5 Å². The van der Waals surface area contributed by atoms with Gasteiger partial charge in [0.15, 0.2) is 0 Å². The third-order valence-electron chi connectivity index (χ3n) is 4.95.